The number of aromatic nitrogens is 2. The molecule has 0 spiro atoms. The van der Waals surface area contributed by atoms with Crippen LogP contribution in [0.5, 0.6) is 17.4 Å². The number of hydrogen-bond donors (Lipinski definition) is 0. The Morgan fingerprint density at radius 2 is 1.78 bits per heavy atom. The van der Waals surface area contributed by atoms with Crippen molar-refractivity contribution < 1.29 is 18.7 Å². The minimum Gasteiger partial charge on any atom is -0.497 e. The van der Waals surface area contributed by atoms with Crippen molar-refractivity contribution >= 4 is 5.91 Å². The summed E-state index contributed by atoms with van der Waals surface area (Å²) in [6.45, 7) is 7.31. The van der Waals surface area contributed by atoms with Gasteiger partial charge in [-0.25, -0.2) is 9.07 Å². The number of aryl methyl sites for hydroxylation is 1. The molecule has 0 fully saturated rings. The van der Waals surface area contributed by atoms with Crippen LogP contribution in [0.2, 0.25) is 0 Å². The number of rotatable bonds is 10. The van der Waals surface area contributed by atoms with Gasteiger partial charge in [-0.3, -0.25) is 4.79 Å². The Bertz CT molecular complexity index is 1040. The molecular formula is C25H30FN3O3. The number of halogens is 1. The summed E-state index contributed by atoms with van der Waals surface area (Å²) in [5, 5.41) is 4.77. The van der Waals surface area contributed by atoms with E-state index in [1.807, 2.05) is 49.9 Å². The third-order valence-corrected chi connectivity index (χ3v) is 5.39. The molecule has 6 nitrogen and oxygen atoms in total. The van der Waals surface area contributed by atoms with Crippen molar-refractivity contribution in [1.82, 2.24) is 14.7 Å². The van der Waals surface area contributed by atoms with E-state index in [9.17, 15) is 9.18 Å². The molecule has 1 amide bonds. The van der Waals surface area contributed by atoms with E-state index in [-0.39, 0.29) is 11.7 Å². The molecule has 0 aliphatic rings. The highest BCUT2D eigenvalue weighted by Gasteiger charge is 2.22. The molecule has 0 aliphatic carbocycles. The molecular weight excluding hydrogens is 409 g/mol. The van der Waals surface area contributed by atoms with Gasteiger partial charge in [-0.1, -0.05) is 13.0 Å². The van der Waals surface area contributed by atoms with E-state index in [1.165, 1.54) is 12.1 Å². The number of benzene rings is 2. The van der Waals surface area contributed by atoms with E-state index in [4.69, 9.17) is 14.6 Å². The second-order valence-electron chi connectivity index (χ2n) is 7.32. The van der Waals surface area contributed by atoms with Gasteiger partial charge in [0.15, 0.2) is 0 Å². The van der Waals surface area contributed by atoms with Gasteiger partial charge in [-0.15, -0.1) is 0 Å². The first-order valence-electron chi connectivity index (χ1n) is 11.0. The van der Waals surface area contributed by atoms with E-state index >= 15 is 0 Å². The number of carbonyl (C=O) groups is 1. The topological polar surface area (TPSA) is 56.6 Å². The van der Waals surface area contributed by atoms with Crippen molar-refractivity contribution in [3.63, 3.8) is 0 Å². The molecule has 170 valence electrons. The molecule has 1 aromatic heterocycles. The molecule has 32 heavy (non-hydrogen) atoms. The molecule has 3 rings (SSSR count). The van der Waals surface area contributed by atoms with E-state index < -0.39 is 0 Å². The normalized spacial score (nSPS) is 10.8. The summed E-state index contributed by atoms with van der Waals surface area (Å²) in [5.74, 6) is 1.30. The lowest BCUT2D eigenvalue weighted by molar-refractivity contribution is -0.130. The summed E-state index contributed by atoms with van der Waals surface area (Å²) in [5.41, 5.74) is 2.49. The second-order valence-corrected chi connectivity index (χ2v) is 7.32. The standard InChI is InChI=1S/C25H30FN3O3/c1-5-23-22(15-16-24(30)28(6-2)7-3)25(32-21-10-8-9-18(26)17-21)29(27-23)19-11-13-20(31-4)14-12-19/h8-14,17H,5-7,15-16H2,1-4H3. The zero-order valence-corrected chi connectivity index (χ0v) is 19.1. The molecule has 0 atom stereocenters. The van der Waals surface area contributed by atoms with Gasteiger partial charge in [0, 0.05) is 31.1 Å². The van der Waals surface area contributed by atoms with Crippen molar-refractivity contribution in [3.8, 4) is 23.1 Å². The Balaban J connectivity index is 2.02. The monoisotopic (exact) mass is 439 g/mol. The van der Waals surface area contributed by atoms with Crippen molar-refractivity contribution in [2.75, 3.05) is 20.2 Å². The predicted molar refractivity (Wildman–Crippen MR) is 122 cm³/mol. The zero-order chi connectivity index (χ0) is 23.1. The van der Waals surface area contributed by atoms with Gasteiger partial charge < -0.3 is 14.4 Å². The van der Waals surface area contributed by atoms with Crippen LogP contribution in [0.1, 0.15) is 38.4 Å². The first kappa shape index (κ1) is 23.3. The zero-order valence-electron chi connectivity index (χ0n) is 19.1. The van der Waals surface area contributed by atoms with Gasteiger partial charge in [0.25, 0.3) is 0 Å². The lowest BCUT2D eigenvalue weighted by Crippen LogP contribution is -2.30. The van der Waals surface area contributed by atoms with Crippen LogP contribution in [0.3, 0.4) is 0 Å². The van der Waals surface area contributed by atoms with Crippen LogP contribution in [0.25, 0.3) is 5.69 Å². The van der Waals surface area contributed by atoms with Crippen LogP contribution in [0, 0.1) is 5.82 Å². The van der Waals surface area contributed by atoms with E-state index in [1.54, 1.807) is 23.9 Å². The van der Waals surface area contributed by atoms with Gasteiger partial charge in [-0.2, -0.15) is 5.10 Å². The van der Waals surface area contributed by atoms with Crippen LogP contribution in [-0.2, 0) is 17.6 Å². The van der Waals surface area contributed by atoms with Crippen molar-refractivity contribution in [2.45, 2.75) is 40.0 Å². The number of nitrogens with zero attached hydrogens (tertiary/aromatic N) is 3. The third kappa shape index (κ3) is 5.28. The number of amides is 1. The lowest BCUT2D eigenvalue weighted by atomic mass is 10.1. The highest BCUT2D eigenvalue weighted by Crippen LogP contribution is 2.33. The van der Waals surface area contributed by atoms with Crippen LogP contribution >= 0.6 is 0 Å². The van der Waals surface area contributed by atoms with Crippen LogP contribution in [0.15, 0.2) is 48.5 Å². The van der Waals surface area contributed by atoms with E-state index in [2.05, 4.69) is 0 Å². The van der Waals surface area contributed by atoms with Crippen LogP contribution in [-0.4, -0.2) is 40.8 Å². The molecule has 0 saturated carbocycles. The summed E-state index contributed by atoms with van der Waals surface area (Å²) >= 11 is 0. The maximum Gasteiger partial charge on any atom is 0.226 e. The molecule has 0 radical (unpaired) electrons. The molecule has 0 unspecified atom stereocenters. The Morgan fingerprint density at radius 1 is 1.06 bits per heavy atom. The quantitative estimate of drug-likeness (QED) is 0.437. The van der Waals surface area contributed by atoms with Crippen molar-refractivity contribution in [1.29, 1.82) is 0 Å². The summed E-state index contributed by atoms with van der Waals surface area (Å²) in [6, 6.07) is 13.5. The molecule has 2 aromatic carbocycles. The number of ether oxygens (including phenoxy) is 2. The lowest BCUT2D eigenvalue weighted by Gasteiger charge is -2.18. The SMILES string of the molecule is CCc1nn(-c2ccc(OC)cc2)c(Oc2cccc(F)c2)c1CCC(=O)N(CC)CC. The molecule has 0 aliphatic heterocycles. The number of carbonyl (C=O) groups excluding carboxylic acids is 1. The van der Waals surface area contributed by atoms with Gasteiger partial charge in [0.05, 0.1) is 18.5 Å². The molecule has 3 aromatic rings. The smallest absolute Gasteiger partial charge is 0.226 e. The van der Waals surface area contributed by atoms with Gasteiger partial charge in [0.2, 0.25) is 11.8 Å². The Morgan fingerprint density at radius 3 is 2.38 bits per heavy atom. The number of hydrogen-bond acceptors (Lipinski definition) is 4. The highest BCUT2D eigenvalue weighted by molar-refractivity contribution is 5.76. The molecule has 0 bridgehead atoms. The van der Waals surface area contributed by atoms with Crippen LogP contribution < -0.4 is 9.47 Å². The maximum absolute atomic E-state index is 13.8. The summed E-state index contributed by atoms with van der Waals surface area (Å²) in [7, 11) is 1.61. The van der Waals surface area contributed by atoms with Crippen molar-refractivity contribution in [3.05, 3.63) is 65.6 Å². The summed E-state index contributed by atoms with van der Waals surface area (Å²) < 4.78 is 26.9. The minimum atomic E-state index is -0.382. The first-order chi connectivity index (χ1) is 15.5. The van der Waals surface area contributed by atoms with Crippen molar-refractivity contribution in [2.24, 2.45) is 0 Å². The highest BCUT2D eigenvalue weighted by atomic mass is 19.1. The van der Waals surface area contributed by atoms with Gasteiger partial charge in [0.1, 0.15) is 17.3 Å². The largest absolute Gasteiger partial charge is 0.497 e. The molecule has 0 saturated heterocycles. The van der Waals surface area contributed by atoms with Gasteiger partial charge >= 0.3 is 0 Å². The first-order valence-corrected chi connectivity index (χ1v) is 11.0. The molecule has 0 N–H and O–H groups in total. The second kappa shape index (κ2) is 10.8. The fraction of sp³-hybridized carbons (Fsp3) is 0.360. The maximum atomic E-state index is 13.8. The molecule has 7 heteroatoms. The fourth-order valence-corrected chi connectivity index (χ4v) is 3.62. The average Bonchev–Trinajstić information content (AvgIpc) is 3.15. The fourth-order valence-electron chi connectivity index (χ4n) is 3.62. The van der Waals surface area contributed by atoms with Gasteiger partial charge in [-0.05, 0) is 63.1 Å². The minimum absolute atomic E-state index is 0.0888. The Kier molecular flexibility index (Phi) is 7.87. The Labute approximate surface area is 188 Å². The van der Waals surface area contributed by atoms with E-state index in [0.29, 0.717) is 44.0 Å². The summed E-state index contributed by atoms with van der Waals surface area (Å²) in [4.78, 5) is 14.4. The van der Waals surface area contributed by atoms with Crippen LogP contribution in [0.4, 0.5) is 4.39 Å². The van der Waals surface area contributed by atoms with E-state index in [0.717, 1.165) is 22.7 Å². The number of methoxy groups -OCH3 is 1. The summed E-state index contributed by atoms with van der Waals surface area (Å²) in [6.07, 6.45) is 1.51. The third-order valence-electron chi connectivity index (χ3n) is 5.39. The predicted octanol–water partition coefficient (Wildman–Crippen LogP) is 5.18. The molecule has 1 heterocycles. The average molecular weight is 440 g/mol. The Hall–Kier alpha value is -3.35.